The number of aryl methyl sites for hydroxylation is 1. The van der Waals surface area contributed by atoms with E-state index in [-0.39, 0.29) is 6.42 Å². The monoisotopic (exact) mass is 367 g/mol. The standard InChI is InChI=1S/C17H18ClNO6/c1-22-14-9-13(15(23-2)8-12(14)18)19-16(20)10-25-17(21)6-5-11-4-3-7-24-11/h3-4,7-9H,5-6,10H2,1-2H3,(H,19,20). The molecule has 0 aliphatic carbocycles. The minimum Gasteiger partial charge on any atom is -0.495 e. The first-order chi connectivity index (χ1) is 12.0. The quantitative estimate of drug-likeness (QED) is 0.721. The van der Waals surface area contributed by atoms with Gasteiger partial charge in [0.25, 0.3) is 5.91 Å². The van der Waals surface area contributed by atoms with Crippen LogP contribution in [0, 0.1) is 0 Å². The summed E-state index contributed by atoms with van der Waals surface area (Å²) >= 11 is 6.00. The van der Waals surface area contributed by atoms with Gasteiger partial charge < -0.3 is 23.9 Å². The molecule has 0 fully saturated rings. The predicted molar refractivity (Wildman–Crippen MR) is 91.2 cm³/mol. The fraction of sp³-hybridized carbons (Fsp3) is 0.294. The number of rotatable bonds is 8. The molecule has 0 aliphatic rings. The molecule has 0 atom stereocenters. The molecule has 134 valence electrons. The molecule has 0 saturated heterocycles. The van der Waals surface area contributed by atoms with Crippen molar-refractivity contribution in [3.05, 3.63) is 41.3 Å². The molecule has 1 aromatic heterocycles. The summed E-state index contributed by atoms with van der Waals surface area (Å²) in [5, 5.41) is 2.94. The Hall–Kier alpha value is -2.67. The minimum absolute atomic E-state index is 0.124. The Kier molecular flexibility index (Phi) is 6.71. The molecular formula is C17H18ClNO6. The number of carbonyl (C=O) groups is 2. The van der Waals surface area contributed by atoms with Crippen molar-refractivity contribution in [3.63, 3.8) is 0 Å². The highest BCUT2D eigenvalue weighted by atomic mass is 35.5. The maximum atomic E-state index is 12.0. The van der Waals surface area contributed by atoms with E-state index in [0.29, 0.717) is 34.4 Å². The third-order valence-corrected chi connectivity index (χ3v) is 3.56. The average Bonchev–Trinajstić information content (AvgIpc) is 3.12. The molecule has 7 nitrogen and oxygen atoms in total. The Balaban J connectivity index is 1.86. The number of benzene rings is 1. The number of ether oxygens (including phenoxy) is 3. The van der Waals surface area contributed by atoms with Gasteiger partial charge >= 0.3 is 5.97 Å². The number of halogens is 1. The summed E-state index contributed by atoms with van der Waals surface area (Å²) in [7, 11) is 2.91. The second kappa shape index (κ2) is 8.98. The van der Waals surface area contributed by atoms with Crippen molar-refractivity contribution in [2.75, 3.05) is 26.1 Å². The molecule has 1 amide bonds. The Bertz CT molecular complexity index is 729. The number of methoxy groups -OCH3 is 2. The van der Waals surface area contributed by atoms with Crippen LogP contribution in [0.5, 0.6) is 11.5 Å². The number of hydrogen-bond donors (Lipinski definition) is 1. The van der Waals surface area contributed by atoms with Gasteiger partial charge in [0.05, 0.1) is 37.6 Å². The van der Waals surface area contributed by atoms with Crippen LogP contribution in [0.4, 0.5) is 5.69 Å². The lowest BCUT2D eigenvalue weighted by molar-refractivity contribution is -0.147. The van der Waals surface area contributed by atoms with Gasteiger partial charge in [0, 0.05) is 18.6 Å². The fourth-order valence-electron chi connectivity index (χ4n) is 2.04. The van der Waals surface area contributed by atoms with Gasteiger partial charge in [-0.1, -0.05) is 11.6 Å². The summed E-state index contributed by atoms with van der Waals surface area (Å²) in [5.41, 5.74) is 0.361. The first-order valence-corrected chi connectivity index (χ1v) is 7.80. The minimum atomic E-state index is -0.506. The SMILES string of the molecule is COc1cc(NC(=O)COC(=O)CCc2ccco2)c(OC)cc1Cl. The molecule has 1 N–H and O–H groups in total. The number of amides is 1. The van der Waals surface area contributed by atoms with Gasteiger partial charge in [0.1, 0.15) is 17.3 Å². The molecule has 0 spiro atoms. The number of furan rings is 1. The van der Waals surface area contributed by atoms with Gasteiger partial charge in [-0.3, -0.25) is 9.59 Å². The van der Waals surface area contributed by atoms with Crippen molar-refractivity contribution in [2.24, 2.45) is 0 Å². The van der Waals surface area contributed by atoms with E-state index in [1.54, 1.807) is 12.1 Å². The van der Waals surface area contributed by atoms with Crippen molar-refractivity contribution < 1.29 is 28.2 Å². The molecule has 2 aromatic rings. The van der Waals surface area contributed by atoms with Crippen molar-refractivity contribution in [1.29, 1.82) is 0 Å². The van der Waals surface area contributed by atoms with Gasteiger partial charge in [0.15, 0.2) is 6.61 Å². The first-order valence-electron chi connectivity index (χ1n) is 7.43. The Morgan fingerprint density at radius 2 is 1.96 bits per heavy atom. The highest BCUT2D eigenvalue weighted by molar-refractivity contribution is 6.32. The normalized spacial score (nSPS) is 10.2. The Labute approximate surface area is 149 Å². The molecule has 25 heavy (non-hydrogen) atoms. The van der Waals surface area contributed by atoms with E-state index in [0.717, 1.165) is 0 Å². The van der Waals surface area contributed by atoms with Crippen LogP contribution in [0.25, 0.3) is 0 Å². The maximum Gasteiger partial charge on any atom is 0.306 e. The second-order valence-corrected chi connectivity index (χ2v) is 5.38. The summed E-state index contributed by atoms with van der Waals surface area (Å²) in [6.45, 7) is -0.412. The van der Waals surface area contributed by atoms with Gasteiger partial charge in [-0.25, -0.2) is 0 Å². The van der Waals surface area contributed by atoms with Crippen molar-refractivity contribution in [3.8, 4) is 11.5 Å². The van der Waals surface area contributed by atoms with E-state index in [9.17, 15) is 9.59 Å². The van der Waals surface area contributed by atoms with Crippen LogP contribution < -0.4 is 14.8 Å². The van der Waals surface area contributed by atoms with E-state index >= 15 is 0 Å². The number of esters is 1. The van der Waals surface area contributed by atoms with Crippen LogP contribution in [-0.4, -0.2) is 32.7 Å². The van der Waals surface area contributed by atoms with Gasteiger partial charge in [-0.15, -0.1) is 0 Å². The number of carbonyl (C=O) groups excluding carboxylic acids is 2. The van der Waals surface area contributed by atoms with Crippen molar-refractivity contribution >= 4 is 29.2 Å². The summed E-state index contributed by atoms with van der Waals surface area (Å²) in [6.07, 6.45) is 2.07. The van der Waals surface area contributed by atoms with E-state index in [4.69, 9.17) is 30.2 Å². The molecule has 1 aromatic carbocycles. The average molecular weight is 368 g/mol. The van der Waals surface area contributed by atoms with Crippen LogP contribution >= 0.6 is 11.6 Å². The number of nitrogens with one attached hydrogen (secondary N) is 1. The van der Waals surface area contributed by atoms with Gasteiger partial charge in [0.2, 0.25) is 0 Å². The van der Waals surface area contributed by atoms with Crippen LogP contribution in [0.3, 0.4) is 0 Å². The van der Waals surface area contributed by atoms with Crippen LogP contribution in [0.2, 0.25) is 5.02 Å². The highest BCUT2D eigenvalue weighted by Gasteiger charge is 2.14. The lowest BCUT2D eigenvalue weighted by Gasteiger charge is -2.13. The summed E-state index contributed by atoms with van der Waals surface area (Å²) in [6, 6.07) is 6.55. The highest BCUT2D eigenvalue weighted by Crippen LogP contribution is 2.35. The lowest BCUT2D eigenvalue weighted by atomic mass is 10.2. The Morgan fingerprint density at radius 1 is 1.20 bits per heavy atom. The van der Waals surface area contributed by atoms with Crippen LogP contribution in [0.15, 0.2) is 34.9 Å². The molecule has 0 saturated carbocycles. The number of hydrogen-bond acceptors (Lipinski definition) is 6. The van der Waals surface area contributed by atoms with Crippen LogP contribution in [0.1, 0.15) is 12.2 Å². The summed E-state index contributed by atoms with van der Waals surface area (Å²) < 4.78 is 20.3. The third-order valence-electron chi connectivity index (χ3n) is 3.27. The predicted octanol–water partition coefficient (Wildman–Crippen LogP) is 3.06. The molecule has 0 bridgehead atoms. The zero-order valence-electron chi connectivity index (χ0n) is 13.8. The molecule has 0 aliphatic heterocycles. The van der Waals surface area contributed by atoms with Crippen molar-refractivity contribution in [2.45, 2.75) is 12.8 Å². The molecule has 8 heteroatoms. The van der Waals surface area contributed by atoms with E-state index in [1.807, 2.05) is 0 Å². The van der Waals surface area contributed by atoms with Crippen molar-refractivity contribution in [1.82, 2.24) is 0 Å². The van der Waals surface area contributed by atoms with E-state index in [1.165, 1.54) is 32.6 Å². The zero-order chi connectivity index (χ0) is 18.2. The smallest absolute Gasteiger partial charge is 0.306 e. The number of anilines is 1. The zero-order valence-corrected chi connectivity index (χ0v) is 14.6. The van der Waals surface area contributed by atoms with Gasteiger partial charge in [-0.2, -0.15) is 0 Å². The Morgan fingerprint density at radius 3 is 2.60 bits per heavy atom. The second-order valence-electron chi connectivity index (χ2n) is 4.98. The van der Waals surface area contributed by atoms with Crippen LogP contribution in [-0.2, 0) is 20.7 Å². The molecule has 1 heterocycles. The summed E-state index contributed by atoms with van der Waals surface area (Å²) in [5.74, 6) is 0.428. The summed E-state index contributed by atoms with van der Waals surface area (Å²) in [4.78, 5) is 23.6. The molecule has 0 unspecified atom stereocenters. The topological polar surface area (TPSA) is 87.0 Å². The maximum absolute atomic E-state index is 12.0. The molecule has 0 radical (unpaired) electrons. The molecule has 2 rings (SSSR count). The lowest BCUT2D eigenvalue weighted by Crippen LogP contribution is -2.21. The van der Waals surface area contributed by atoms with E-state index < -0.39 is 18.5 Å². The fourth-order valence-corrected chi connectivity index (χ4v) is 2.27. The van der Waals surface area contributed by atoms with E-state index in [2.05, 4.69) is 5.32 Å². The third kappa shape index (κ3) is 5.42. The molecular weight excluding hydrogens is 350 g/mol. The largest absolute Gasteiger partial charge is 0.495 e. The first kappa shape index (κ1) is 18.7. The van der Waals surface area contributed by atoms with Gasteiger partial charge in [-0.05, 0) is 12.1 Å².